The van der Waals surface area contributed by atoms with Gasteiger partial charge in [-0.15, -0.1) is 0 Å². The molecule has 1 aromatic carbocycles. The molecule has 66 valence electrons. The van der Waals surface area contributed by atoms with E-state index in [4.69, 9.17) is 0 Å². The number of aryl methyl sites for hydroxylation is 1. The molecule has 0 unspecified atom stereocenters. The molecule has 0 amide bonds. The Bertz CT molecular complexity index is 196. The molecule has 0 nitrogen and oxygen atoms in total. The van der Waals surface area contributed by atoms with Crippen LogP contribution in [0.2, 0.25) is 0 Å². The second kappa shape index (κ2) is 6.44. The fraction of sp³-hybridized carbons (Fsp3) is 0.400. The van der Waals surface area contributed by atoms with Gasteiger partial charge in [0.25, 0.3) is 0 Å². The SMILES string of the molecule is CSCSCCc1ccccc1. The first kappa shape index (κ1) is 10.0. The molecule has 2 heteroatoms. The largest absolute Gasteiger partial charge is 0.155 e. The lowest BCUT2D eigenvalue weighted by Gasteiger charge is -1.99. The van der Waals surface area contributed by atoms with Gasteiger partial charge in [-0.25, -0.2) is 0 Å². The Morgan fingerprint density at radius 2 is 1.92 bits per heavy atom. The van der Waals surface area contributed by atoms with Crippen LogP contribution in [0.1, 0.15) is 5.56 Å². The van der Waals surface area contributed by atoms with Crippen molar-refractivity contribution in [2.45, 2.75) is 6.42 Å². The van der Waals surface area contributed by atoms with E-state index in [1.807, 2.05) is 23.5 Å². The first-order valence-corrected chi connectivity index (χ1v) is 6.59. The minimum atomic E-state index is 1.20. The standard InChI is InChI=1S/C10H14S2/c1-11-9-12-8-7-10-5-3-2-4-6-10/h2-6H,7-9H2,1H3. The van der Waals surface area contributed by atoms with Crippen molar-refractivity contribution in [2.75, 3.05) is 17.1 Å². The van der Waals surface area contributed by atoms with Crippen molar-refractivity contribution in [2.24, 2.45) is 0 Å². The van der Waals surface area contributed by atoms with Crippen LogP contribution in [-0.4, -0.2) is 17.1 Å². The molecular weight excluding hydrogens is 184 g/mol. The van der Waals surface area contributed by atoms with Crippen LogP contribution in [0.15, 0.2) is 30.3 Å². The third kappa shape index (κ3) is 4.07. The molecule has 0 bridgehead atoms. The van der Waals surface area contributed by atoms with Crippen molar-refractivity contribution in [1.82, 2.24) is 0 Å². The zero-order chi connectivity index (χ0) is 8.65. The number of benzene rings is 1. The van der Waals surface area contributed by atoms with E-state index in [9.17, 15) is 0 Å². The maximum absolute atomic E-state index is 2.19. The molecule has 12 heavy (non-hydrogen) atoms. The summed E-state index contributed by atoms with van der Waals surface area (Å²) < 4.78 is 0. The third-order valence-electron chi connectivity index (χ3n) is 1.58. The van der Waals surface area contributed by atoms with Gasteiger partial charge >= 0.3 is 0 Å². The Hall–Kier alpha value is -0.0800. The molecule has 0 aliphatic heterocycles. The minimum absolute atomic E-state index is 1.20. The molecule has 0 N–H and O–H groups in total. The van der Waals surface area contributed by atoms with Crippen LogP contribution >= 0.6 is 23.5 Å². The van der Waals surface area contributed by atoms with Crippen LogP contribution < -0.4 is 0 Å². The highest BCUT2D eigenvalue weighted by molar-refractivity contribution is 8.15. The van der Waals surface area contributed by atoms with E-state index in [1.165, 1.54) is 22.8 Å². The van der Waals surface area contributed by atoms with E-state index in [1.54, 1.807) is 0 Å². The van der Waals surface area contributed by atoms with E-state index < -0.39 is 0 Å². The summed E-state index contributed by atoms with van der Waals surface area (Å²) in [5.41, 5.74) is 1.45. The maximum atomic E-state index is 2.19. The molecule has 0 fully saturated rings. The van der Waals surface area contributed by atoms with Gasteiger partial charge in [0.05, 0.1) is 0 Å². The molecule has 0 aliphatic rings. The van der Waals surface area contributed by atoms with Crippen LogP contribution in [0.3, 0.4) is 0 Å². The van der Waals surface area contributed by atoms with E-state index >= 15 is 0 Å². The quantitative estimate of drug-likeness (QED) is 0.526. The van der Waals surface area contributed by atoms with Crippen molar-refractivity contribution >= 4 is 23.5 Å². The highest BCUT2D eigenvalue weighted by Crippen LogP contribution is 2.11. The molecule has 0 atom stereocenters. The lowest BCUT2D eigenvalue weighted by atomic mass is 10.2. The van der Waals surface area contributed by atoms with Gasteiger partial charge in [0.2, 0.25) is 0 Å². The molecule has 0 saturated heterocycles. The van der Waals surface area contributed by atoms with Crippen molar-refractivity contribution in [3.05, 3.63) is 35.9 Å². The van der Waals surface area contributed by atoms with Crippen LogP contribution in [0.25, 0.3) is 0 Å². The summed E-state index contributed by atoms with van der Waals surface area (Å²) in [6, 6.07) is 10.7. The summed E-state index contributed by atoms with van der Waals surface area (Å²) in [4.78, 5) is 0. The van der Waals surface area contributed by atoms with Crippen molar-refractivity contribution in [1.29, 1.82) is 0 Å². The van der Waals surface area contributed by atoms with Gasteiger partial charge in [-0.05, 0) is 24.0 Å². The molecule has 0 saturated carbocycles. The molecule has 1 rings (SSSR count). The zero-order valence-corrected chi connectivity index (χ0v) is 8.96. The summed E-state index contributed by atoms with van der Waals surface area (Å²) in [6.07, 6.45) is 3.35. The summed E-state index contributed by atoms with van der Waals surface area (Å²) in [5.74, 6) is 1.24. The zero-order valence-electron chi connectivity index (χ0n) is 7.32. The summed E-state index contributed by atoms with van der Waals surface area (Å²) in [5, 5.41) is 1.22. The summed E-state index contributed by atoms with van der Waals surface area (Å²) in [6.45, 7) is 0. The summed E-state index contributed by atoms with van der Waals surface area (Å²) in [7, 11) is 0. The Morgan fingerprint density at radius 3 is 2.58 bits per heavy atom. The van der Waals surface area contributed by atoms with Crippen LogP contribution in [-0.2, 0) is 6.42 Å². The van der Waals surface area contributed by atoms with Crippen LogP contribution in [0.4, 0.5) is 0 Å². The van der Waals surface area contributed by atoms with Gasteiger partial charge in [-0.1, -0.05) is 30.3 Å². The van der Waals surface area contributed by atoms with Gasteiger partial charge in [0.15, 0.2) is 0 Å². The normalized spacial score (nSPS) is 10.1. The molecular formula is C10H14S2. The first-order chi connectivity index (χ1) is 5.93. The highest BCUT2D eigenvalue weighted by Gasteiger charge is 1.90. The lowest BCUT2D eigenvalue weighted by Crippen LogP contribution is -1.87. The smallest absolute Gasteiger partial charge is 0.0389 e. The van der Waals surface area contributed by atoms with Crippen LogP contribution in [0, 0.1) is 0 Å². The fourth-order valence-corrected chi connectivity index (χ4v) is 2.50. The fourth-order valence-electron chi connectivity index (χ4n) is 0.977. The van der Waals surface area contributed by atoms with Gasteiger partial charge in [-0.3, -0.25) is 0 Å². The molecule has 0 radical (unpaired) electrons. The second-order valence-electron chi connectivity index (χ2n) is 2.55. The van der Waals surface area contributed by atoms with Gasteiger partial charge in [-0.2, -0.15) is 23.5 Å². The van der Waals surface area contributed by atoms with E-state index in [2.05, 4.69) is 36.6 Å². The number of thioether (sulfide) groups is 2. The predicted octanol–water partition coefficient (Wildman–Crippen LogP) is 3.28. The molecule has 0 aromatic heterocycles. The topological polar surface area (TPSA) is 0 Å². The molecule has 0 heterocycles. The van der Waals surface area contributed by atoms with E-state index in [0.29, 0.717) is 0 Å². The Kier molecular flexibility index (Phi) is 5.37. The van der Waals surface area contributed by atoms with Gasteiger partial charge in [0, 0.05) is 5.08 Å². The van der Waals surface area contributed by atoms with Crippen molar-refractivity contribution < 1.29 is 0 Å². The van der Waals surface area contributed by atoms with Crippen LogP contribution in [0.5, 0.6) is 0 Å². The first-order valence-electron chi connectivity index (χ1n) is 4.04. The monoisotopic (exact) mass is 198 g/mol. The van der Waals surface area contributed by atoms with Crippen molar-refractivity contribution in [3.8, 4) is 0 Å². The van der Waals surface area contributed by atoms with Crippen molar-refractivity contribution in [3.63, 3.8) is 0 Å². The minimum Gasteiger partial charge on any atom is -0.155 e. The lowest BCUT2D eigenvalue weighted by molar-refractivity contribution is 1.16. The average molecular weight is 198 g/mol. The maximum Gasteiger partial charge on any atom is 0.0389 e. The highest BCUT2D eigenvalue weighted by atomic mass is 32.2. The number of hydrogen-bond donors (Lipinski definition) is 0. The second-order valence-corrected chi connectivity index (χ2v) is 4.89. The van der Waals surface area contributed by atoms with Gasteiger partial charge in [0.1, 0.15) is 0 Å². The third-order valence-corrected chi connectivity index (χ3v) is 3.68. The van der Waals surface area contributed by atoms with E-state index in [0.717, 1.165) is 0 Å². The summed E-state index contributed by atoms with van der Waals surface area (Å²) >= 11 is 3.91. The Balaban J connectivity index is 2.16. The average Bonchev–Trinajstić information content (AvgIpc) is 2.14. The molecule has 1 aromatic rings. The molecule has 0 spiro atoms. The predicted molar refractivity (Wildman–Crippen MR) is 61.0 cm³/mol. The van der Waals surface area contributed by atoms with Gasteiger partial charge < -0.3 is 0 Å². The molecule has 0 aliphatic carbocycles. The number of rotatable bonds is 5. The Morgan fingerprint density at radius 1 is 1.17 bits per heavy atom. The number of hydrogen-bond acceptors (Lipinski definition) is 2. The Labute approximate surface area is 83.1 Å². The van der Waals surface area contributed by atoms with E-state index in [-0.39, 0.29) is 0 Å².